The maximum absolute atomic E-state index is 10.1. The Labute approximate surface area is 213 Å². The van der Waals surface area contributed by atoms with Crippen LogP contribution in [0.5, 0.6) is 23.0 Å². The molecule has 0 fully saturated rings. The van der Waals surface area contributed by atoms with E-state index in [1.54, 1.807) is 48.5 Å². The molecule has 0 atom stereocenters. The van der Waals surface area contributed by atoms with Crippen LogP contribution in [0.1, 0.15) is 55.9 Å². The smallest absolute Gasteiger partial charge is 0.115 e. The maximum Gasteiger partial charge on any atom is 0.115 e. The summed E-state index contributed by atoms with van der Waals surface area (Å²) in [5.74, 6) is 0.983. The van der Waals surface area contributed by atoms with Gasteiger partial charge in [-0.05, 0) is 89.5 Å². The molecule has 0 amide bonds. The molecular formula is C32H34O4. The number of benzene rings is 4. The number of aromatic hydroxyl groups is 4. The topological polar surface area (TPSA) is 80.9 Å². The minimum atomic E-state index is -0.493. The minimum absolute atomic E-state index is 0.145. The van der Waals surface area contributed by atoms with Crippen LogP contribution in [0.25, 0.3) is 0 Å². The zero-order chi connectivity index (χ0) is 25.9. The van der Waals surface area contributed by atoms with Crippen molar-refractivity contribution in [1.29, 1.82) is 0 Å². The molecular weight excluding hydrogens is 448 g/mol. The highest BCUT2D eigenvalue weighted by Gasteiger charge is 2.46. The van der Waals surface area contributed by atoms with Crippen LogP contribution in [0, 0.1) is 5.92 Å². The van der Waals surface area contributed by atoms with Gasteiger partial charge in [0.15, 0.2) is 0 Å². The molecule has 0 aliphatic rings. The highest BCUT2D eigenvalue weighted by molar-refractivity contribution is 5.49. The molecule has 0 aromatic heterocycles. The van der Waals surface area contributed by atoms with Crippen molar-refractivity contribution < 1.29 is 20.4 Å². The predicted molar refractivity (Wildman–Crippen MR) is 144 cm³/mol. The average Bonchev–Trinajstić information content (AvgIpc) is 2.87. The molecule has 4 rings (SSSR count). The SMILES string of the molecule is CCC(CC(c1ccc(O)cc1)(c1ccc(O)cc1)C(C)C)(c1ccc(O)cc1)c1ccc(O)cc1. The molecule has 4 heteroatoms. The van der Waals surface area contributed by atoms with Gasteiger partial charge in [0.05, 0.1) is 0 Å². The van der Waals surface area contributed by atoms with Gasteiger partial charge in [0.25, 0.3) is 0 Å². The average molecular weight is 483 g/mol. The van der Waals surface area contributed by atoms with Crippen molar-refractivity contribution in [2.24, 2.45) is 5.92 Å². The van der Waals surface area contributed by atoms with Crippen molar-refractivity contribution in [2.45, 2.75) is 44.4 Å². The molecule has 0 unspecified atom stereocenters. The van der Waals surface area contributed by atoms with Crippen molar-refractivity contribution in [3.63, 3.8) is 0 Å². The quantitative estimate of drug-likeness (QED) is 0.213. The lowest BCUT2D eigenvalue weighted by atomic mass is 9.55. The molecule has 0 bridgehead atoms. The summed E-state index contributed by atoms with van der Waals surface area (Å²) in [7, 11) is 0. The number of hydrogen-bond acceptors (Lipinski definition) is 4. The first kappa shape index (κ1) is 25.2. The van der Waals surface area contributed by atoms with Gasteiger partial charge in [0, 0.05) is 10.8 Å². The molecule has 186 valence electrons. The van der Waals surface area contributed by atoms with E-state index in [0.29, 0.717) is 6.42 Å². The minimum Gasteiger partial charge on any atom is -0.508 e. The molecule has 0 radical (unpaired) electrons. The lowest BCUT2D eigenvalue weighted by Gasteiger charge is -2.47. The second-order valence-corrected chi connectivity index (χ2v) is 9.93. The molecule has 0 saturated heterocycles. The van der Waals surface area contributed by atoms with Gasteiger partial charge >= 0.3 is 0 Å². The highest BCUT2D eigenvalue weighted by atomic mass is 16.3. The Morgan fingerprint density at radius 3 is 1.03 bits per heavy atom. The van der Waals surface area contributed by atoms with Gasteiger partial charge in [-0.3, -0.25) is 0 Å². The van der Waals surface area contributed by atoms with Gasteiger partial charge in [0.1, 0.15) is 23.0 Å². The van der Waals surface area contributed by atoms with Crippen molar-refractivity contribution in [3.05, 3.63) is 119 Å². The Morgan fingerprint density at radius 1 is 0.500 bits per heavy atom. The van der Waals surface area contributed by atoms with Crippen LogP contribution < -0.4 is 0 Å². The van der Waals surface area contributed by atoms with Crippen LogP contribution >= 0.6 is 0 Å². The summed E-state index contributed by atoms with van der Waals surface area (Å²) in [5, 5.41) is 40.2. The summed E-state index contributed by atoms with van der Waals surface area (Å²) in [6, 6.07) is 29.6. The van der Waals surface area contributed by atoms with Gasteiger partial charge in [0.2, 0.25) is 0 Å². The molecule has 0 spiro atoms. The summed E-state index contributed by atoms with van der Waals surface area (Å²) < 4.78 is 0. The summed E-state index contributed by atoms with van der Waals surface area (Å²) in [5.41, 5.74) is 3.30. The molecule has 36 heavy (non-hydrogen) atoms. The molecule has 0 heterocycles. The fourth-order valence-electron chi connectivity index (χ4n) is 5.70. The first-order valence-corrected chi connectivity index (χ1v) is 12.4. The number of phenols is 4. The third kappa shape index (κ3) is 4.51. The maximum atomic E-state index is 10.1. The molecule has 0 aliphatic carbocycles. The zero-order valence-corrected chi connectivity index (χ0v) is 21.0. The van der Waals surface area contributed by atoms with E-state index in [0.717, 1.165) is 28.7 Å². The monoisotopic (exact) mass is 482 g/mol. The number of hydrogen-bond donors (Lipinski definition) is 4. The molecule has 4 nitrogen and oxygen atoms in total. The fourth-order valence-corrected chi connectivity index (χ4v) is 5.70. The van der Waals surface area contributed by atoms with E-state index in [1.165, 1.54) is 0 Å². The normalized spacial score (nSPS) is 12.1. The Hall–Kier alpha value is -3.92. The molecule has 4 aromatic rings. The Kier molecular flexibility index (Phi) is 6.98. The van der Waals surface area contributed by atoms with Crippen molar-refractivity contribution in [1.82, 2.24) is 0 Å². The first-order valence-electron chi connectivity index (χ1n) is 12.4. The van der Waals surface area contributed by atoms with E-state index in [9.17, 15) is 20.4 Å². The number of rotatable bonds is 8. The van der Waals surface area contributed by atoms with E-state index in [-0.39, 0.29) is 28.9 Å². The summed E-state index contributed by atoms with van der Waals surface area (Å²) in [6.07, 6.45) is 1.45. The zero-order valence-electron chi connectivity index (χ0n) is 21.0. The molecule has 4 aromatic carbocycles. The van der Waals surface area contributed by atoms with Crippen LogP contribution in [0.2, 0.25) is 0 Å². The lowest BCUT2D eigenvalue weighted by Crippen LogP contribution is -2.43. The Balaban J connectivity index is 2.04. The van der Waals surface area contributed by atoms with Gasteiger partial charge in [-0.15, -0.1) is 0 Å². The van der Waals surface area contributed by atoms with Crippen molar-refractivity contribution >= 4 is 0 Å². The third-order valence-electron chi connectivity index (χ3n) is 7.77. The van der Waals surface area contributed by atoms with Crippen LogP contribution in [0.15, 0.2) is 97.1 Å². The summed E-state index contributed by atoms with van der Waals surface area (Å²) in [4.78, 5) is 0. The van der Waals surface area contributed by atoms with Gasteiger partial charge in [-0.1, -0.05) is 69.3 Å². The Bertz CT molecular complexity index is 1180. The Morgan fingerprint density at radius 2 is 0.778 bits per heavy atom. The first-order chi connectivity index (χ1) is 17.2. The van der Waals surface area contributed by atoms with Crippen LogP contribution in [-0.4, -0.2) is 20.4 Å². The van der Waals surface area contributed by atoms with Crippen LogP contribution in [-0.2, 0) is 10.8 Å². The largest absolute Gasteiger partial charge is 0.508 e. The summed E-state index contributed by atoms with van der Waals surface area (Å²) in [6.45, 7) is 6.57. The van der Waals surface area contributed by atoms with Crippen LogP contribution in [0.3, 0.4) is 0 Å². The van der Waals surface area contributed by atoms with Crippen LogP contribution in [0.4, 0.5) is 0 Å². The summed E-state index contributed by atoms with van der Waals surface area (Å²) >= 11 is 0. The van der Waals surface area contributed by atoms with Gasteiger partial charge in [-0.2, -0.15) is 0 Å². The lowest BCUT2D eigenvalue weighted by molar-refractivity contribution is 0.270. The van der Waals surface area contributed by atoms with E-state index >= 15 is 0 Å². The second kappa shape index (κ2) is 9.98. The standard InChI is InChI=1S/C32H34O4/c1-4-31(23-5-13-27(33)14-6-23,24-7-15-28(34)16-8-24)21-32(22(2)3,25-9-17-29(35)18-10-25)26-11-19-30(36)20-12-26/h5-20,22,33-36H,4,21H2,1-3H3. The number of phenolic OH excluding ortho intramolecular Hbond substituents is 4. The van der Waals surface area contributed by atoms with Gasteiger partial charge < -0.3 is 20.4 Å². The van der Waals surface area contributed by atoms with E-state index in [4.69, 9.17) is 0 Å². The second-order valence-electron chi connectivity index (χ2n) is 9.93. The van der Waals surface area contributed by atoms with E-state index < -0.39 is 10.8 Å². The van der Waals surface area contributed by atoms with Gasteiger partial charge in [-0.25, -0.2) is 0 Å². The van der Waals surface area contributed by atoms with Crippen molar-refractivity contribution in [3.8, 4) is 23.0 Å². The molecule has 0 saturated carbocycles. The molecule has 4 N–H and O–H groups in total. The van der Waals surface area contributed by atoms with E-state index in [1.807, 2.05) is 48.5 Å². The fraction of sp³-hybridized carbons (Fsp3) is 0.250. The molecule has 0 aliphatic heterocycles. The predicted octanol–water partition coefficient (Wildman–Crippen LogP) is 7.24. The van der Waals surface area contributed by atoms with Crippen molar-refractivity contribution in [2.75, 3.05) is 0 Å². The van der Waals surface area contributed by atoms with E-state index in [2.05, 4.69) is 20.8 Å². The third-order valence-corrected chi connectivity index (χ3v) is 7.77. The highest BCUT2D eigenvalue weighted by Crippen LogP contribution is 2.52.